The highest BCUT2D eigenvalue weighted by Gasteiger charge is 2.33. The minimum absolute atomic E-state index is 0.167. The summed E-state index contributed by atoms with van der Waals surface area (Å²) in [5, 5.41) is 8.95. The van der Waals surface area contributed by atoms with Gasteiger partial charge in [-0.2, -0.15) is 5.10 Å². The molecule has 0 aliphatic carbocycles. The van der Waals surface area contributed by atoms with Gasteiger partial charge >= 0.3 is 0 Å². The van der Waals surface area contributed by atoms with E-state index in [1.807, 2.05) is 71.7 Å². The van der Waals surface area contributed by atoms with E-state index in [-0.39, 0.29) is 5.91 Å². The third kappa shape index (κ3) is 3.25. The number of nitrogens with zero attached hydrogens (tertiary/aromatic N) is 5. The molecule has 0 radical (unpaired) electrons. The fraction of sp³-hybridized carbons (Fsp3) is 0.115. The van der Waals surface area contributed by atoms with Crippen LogP contribution in [0.4, 0.5) is 0 Å². The van der Waals surface area contributed by atoms with Gasteiger partial charge in [-0.15, -0.1) is 0 Å². The molecular weight excluding hydrogens is 414 g/mol. The molecule has 7 nitrogen and oxygen atoms in total. The van der Waals surface area contributed by atoms with E-state index in [4.69, 9.17) is 9.62 Å². The minimum Gasteiger partial charge on any atom is -0.355 e. The van der Waals surface area contributed by atoms with Crippen LogP contribution in [-0.2, 0) is 13.1 Å². The minimum atomic E-state index is -0.167. The van der Waals surface area contributed by atoms with Crippen molar-refractivity contribution in [3.63, 3.8) is 0 Å². The second-order valence-corrected chi connectivity index (χ2v) is 8.14. The summed E-state index contributed by atoms with van der Waals surface area (Å²) in [6.07, 6.45) is 4.00. The third-order valence-electron chi connectivity index (χ3n) is 6.00. The predicted octanol–water partition coefficient (Wildman–Crippen LogP) is 4.78. The van der Waals surface area contributed by atoms with Gasteiger partial charge in [0.25, 0.3) is 5.91 Å². The average Bonchev–Trinajstić information content (AvgIpc) is 3.63. The number of hydrogen-bond acceptors (Lipinski definition) is 4. The first-order valence-corrected chi connectivity index (χ1v) is 10.8. The summed E-state index contributed by atoms with van der Waals surface area (Å²) in [7, 11) is 0. The molecule has 0 saturated heterocycles. The molecule has 4 heterocycles. The van der Waals surface area contributed by atoms with Gasteiger partial charge in [-0.05, 0) is 30.7 Å². The van der Waals surface area contributed by atoms with Crippen LogP contribution in [0.5, 0.6) is 0 Å². The summed E-state index contributed by atoms with van der Waals surface area (Å²) >= 11 is 0. The van der Waals surface area contributed by atoms with Crippen molar-refractivity contribution in [2.75, 3.05) is 0 Å². The predicted molar refractivity (Wildman–Crippen MR) is 123 cm³/mol. The van der Waals surface area contributed by atoms with Gasteiger partial charge in [-0.1, -0.05) is 53.7 Å². The third-order valence-corrected chi connectivity index (χ3v) is 6.00. The average molecular weight is 435 g/mol. The molecule has 1 aliphatic rings. The van der Waals surface area contributed by atoms with Crippen molar-refractivity contribution in [2.45, 2.75) is 20.0 Å². The highest BCUT2D eigenvalue weighted by atomic mass is 16.5. The van der Waals surface area contributed by atoms with E-state index < -0.39 is 0 Å². The molecule has 2 aromatic carbocycles. The van der Waals surface area contributed by atoms with Crippen molar-refractivity contribution in [2.24, 2.45) is 0 Å². The number of fused-ring (bicyclic) bond motifs is 1. The molecule has 0 saturated carbocycles. The Kier molecular flexibility index (Phi) is 4.47. The molecule has 0 unspecified atom stereocenters. The maximum Gasteiger partial charge on any atom is 0.276 e. The van der Waals surface area contributed by atoms with E-state index in [1.54, 1.807) is 11.0 Å². The molecule has 0 bridgehead atoms. The molecule has 162 valence electrons. The molecular formula is C26H21N5O2. The Morgan fingerprint density at radius 1 is 0.939 bits per heavy atom. The van der Waals surface area contributed by atoms with Gasteiger partial charge in [0.1, 0.15) is 5.82 Å². The van der Waals surface area contributed by atoms with E-state index in [0.717, 1.165) is 33.9 Å². The summed E-state index contributed by atoms with van der Waals surface area (Å²) in [4.78, 5) is 15.0. The quantitative estimate of drug-likeness (QED) is 0.407. The molecule has 3 aromatic heterocycles. The SMILES string of the molecule is Cc1ccccc1-n1nc2c(c1-n1cccc1)CN(C(=O)c1cc(-c3ccccc3)on1)C2. The second kappa shape index (κ2) is 7.63. The standard InChI is InChI=1S/C26H21N5O2/c1-18-9-5-6-12-23(18)31-25(29-13-7-8-14-29)20-16-30(17-22(20)27-31)26(32)21-15-24(33-28-21)19-10-3-2-4-11-19/h2-15H,16-17H2,1H3. The summed E-state index contributed by atoms with van der Waals surface area (Å²) in [5.74, 6) is 1.36. The van der Waals surface area contributed by atoms with Crippen molar-refractivity contribution >= 4 is 5.91 Å². The van der Waals surface area contributed by atoms with E-state index >= 15 is 0 Å². The highest BCUT2D eigenvalue weighted by Crippen LogP contribution is 2.32. The first-order chi connectivity index (χ1) is 16.2. The Labute approximate surface area is 190 Å². The normalized spacial score (nSPS) is 12.8. The molecule has 0 N–H and O–H groups in total. The topological polar surface area (TPSA) is 69.1 Å². The number of carbonyl (C=O) groups excluding carboxylic acids is 1. The zero-order chi connectivity index (χ0) is 22.4. The van der Waals surface area contributed by atoms with Crippen molar-refractivity contribution in [3.05, 3.63) is 108 Å². The Balaban J connectivity index is 1.34. The molecule has 33 heavy (non-hydrogen) atoms. The summed E-state index contributed by atoms with van der Waals surface area (Å²) in [6, 6.07) is 23.5. The van der Waals surface area contributed by atoms with Crippen molar-refractivity contribution in [1.82, 2.24) is 24.4 Å². The van der Waals surface area contributed by atoms with Crippen LogP contribution in [0.3, 0.4) is 0 Å². The Morgan fingerprint density at radius 2 is 1.70 bits per heavy atom. The van der Waals surface area contributed by atoms with Gasteiger partial charge in [-0.25, -0.2) is 4.68 Å². The Bertz CT molecular complexity index is 1450. The lowest BCUT2D eigenvalue weighted by Crippen LogP contribution is -2.26. The number of para-hydroxylation sites is 1. The van der Waals surface area contributed by atoms with Gasteiger partial charge in [0.15, 0.2) is 11.5 Å². The van der Waals surface area contributed by atoms with Crippen LogP contribution in [-0.4, -0.2) is 30.3 Å². The van der Waals surface area contributed by atoms with Crippen LogP contribution in [0, 0.1) is 6.92 Å². The second-order valence-electron chi connectivity index (χ2n) is 8.14. The van der Waals surface area contributed by atoms with Gasteiger partial charge in [0.2, 0.25) is 0 Å². The molecule has 0 fully saturated rings. The fourth-order valence-corrected chi connectivity index (χ4v) is 4.33. The van der Waals surface area contributed by atoms with Crippen LogP contribution in [0.15, 0.2) is 89.7 Å². The largest absolute Gasteiger partial charge is 0.355 e. The lowest BCUT2D eigenvalue weighted by molar-refractivity contribution is 0.0738. The maximum atomic E-state index is 13.2. The van der Waals surface area contributed by atoms with Crippen molar-refractivity contribution in [1.29, 1.82) is 0 Å². The monoisotopic (exact) mass is 435 g/mol. The smallest absolute Gasteiger partial charge is 0.276 e. The van der Waals surface area contributed by atoms with Crippen LogP contribution >= 0.6 is 0 Å². The van der Waals surface area contributed by atoms with Crippen LogP contribution < -0.4 is 0 Å². The van der Waals surface area contributed by atoms with Gasteiger partial charge in [0.05, 0.1) is 24.5 Å². The molecule has 5 aromatic rings. The molecule has 7 heteroatoms. The molecule has 0 spiro atoms. The number of benzene rings is 2. The fourth-order valence-electron chi connectivity index (χ4n) is 4.33. The molecule has 6 rings (SSSR count). The Hall–Kier alpha value is -4.39. The van der Waals surface area contributed by atoms with E-state index in [2.05, 4.69) is 28.8 Å². The van der Waals surface area contributed by atoms with Crippen molar-refractivity contribution < 1.29 is 9.32 Å². The lowest BCUT2D eigenvalue weighted by atomic mass is 10.1. The lowest BCUT2D eigenvalue weighted by Gasteiger charge is -2.17. The van der Waals surface area contributed by atoms with Gasteiger partial charge in [-0.3, -0.25) is 4.79 Å². The Morgan fingerprint density at radius 3 is 2.48 bits per heavy atom. The number of hydrogen-bond donors (Lipinski definition) is 0. The summed E-state index contributed by atoms with van der Waals surface area (Å²) in [6.45, 7) is 2.96. The van der Waals surface area contributed by atoms with E-state index in [9.17, 15) is 4.79 Å². The number of aromatic nitrogens is 4. The maximum absolute atomic E-state index is 13.2. The van der Waals surface area contributed by atoms with Crippen LogP contribution in [0.1, 0.15) is 27.3 Å². The van der Waals surface area contributed by atoms with Gasteiger partial charge in [0, 0.05) is 29.6 Å². The molecule has 1 aliphatic heterocycles. The van der Waals surface area contributed by atoms with Gasteiger partial charge < -0.3 is 14.0 Å². The number of aryl methyl sites for hydroxylation is 1. The molecule has 1 amide bonds. The van der Waals surface area contributed by atoms with Crippen LogP contribution in [0.25, 0.3) is 22.8 Å². The van der Waals surface area contributed by atoms with Crippen molar-refractivity contribution in [3.8, 4) is 22.8 Å². The zero-order valence-corrected chi connectivity index (χ0v) is 18.0. The first kappa shape index (κ1) is 19.3. The summed E-state index contributed by atoms with van der Waals surface area (Å²) < 4.78 is 9.47. The number of rotatable bonds is 4. The van der Waals surface area contributed by atoms with Crippen LogP contribution in [0.2, 0.25) is 0 Å². The summed E-state index contributed by atoms with van der Waals surface area (Å²) in [5.41, 5.74) is 5.27. The first-order valence-electron chi connectivity index (χ1n) is 10.8. The van der Waals surface area contributed by atoms with E-state index in [0.29, 0.717) is 24.5 Å². The number of carbonyl (C=O) groups is 1. The van der Waals surface area contributed by atoms with E-state index in [1.165, 1.54) is 0 Å². The number of amides is 1. The zero-order valence-electron chi connectivity index (χ0n) is 18.0. The molecule has 0 atom stereocenters. The highest BCUT2D eigenvalue weighted by molar-refractivity contribution is 5.93.